The zero-order chi connectivity index (χ0) is 56.6. The molecule has 0 unspecified atom stereocenters. The van der Waals surface area contributed by atoms with E-state index in [2.05, 4.69) is 13.2 Å². The second-order valence-electron chi connectivity index (χ2n) is 17.6. The molecule has 0 saturated heterocycles. The van der Waals surface area contributed by atoms with Gasteiger partial charge in [-0.15, -0.1) is 0 Å². The van der Waals surface area contributed by atoms with Gasteiger partial charge in [-0.1, -0.05) is 88.0 Å². The number of nitriles is 2. The highest BCUT2D eigenvalue weighted by Gasteiger charge is 2.30. The molecule has 0 bridgehead atoms. The molecule has 0 N–H and O–H groups in total. The number of allylic oxidation sites excluding steroid dienone is 1. The van der Waals surface area contributed by atoms with E-state index in [9.17, 15) is 48.9 Å². The van der Waals surface area contributed by atoms with Crippen LogP contribution in [0.4, 0.5) is 0 Å². The molecule has 77 heavy (non-hydrogen) atoms. The molecule has 1 heterocycles. The van der Waals surface area contributed by atoms with Crippen molar-refractivity contribution < 1.29 is 85.7 Å². The van der Waals surface area contributed by atoms with Crippen molar-refractivity contribution in [1.29, 1.82) is 10.5 Å². The molecule has 424 valence electrons. The number of carbonyl (C=O) groups is 8. The molecule has 0 fully saturated rings. The zero-order valence-corrected chi connectivity index (χ0v) is 46.4. The van der Waals surface area contributed by atoms with Gasteiger partial charge >= 0.3 is 47.8 Å². The minimum atomic E-state index is -0.622. The molecule has 0 radical (unpaired) electrons. The number of thioether (sulfide) groups is 2. The van der Waals surface area contributed by atoms with E-state index >= 15 is 0 Å². The van der Waals surface area contributed by atoms with Crippen LogP contribution in [0.5, 0.6) is 11.5 Å². The van der Waals surface area contributed by atoms with Crippen molar-refractivity contribution in [3.63, 3.8) is 0 Å². The van der Waals surface area contributed by atoms with Gasteiger partial charge in [-0.05, 0) is 58.1 Å². The number of nitrogens with zero attached hydrogens (tertiary/aromatic N) is 2. The maximum Gasteiger partial charge on any atom is 0.333 e. The average Bonchev–Trinajstić information content (AvgIpc) is 3.85. The molecule has 22 heteroatoms. The molecular weight excluding hydrogens is 1040 g/mol. The predicted molar refractivity (Wildman–Crippen MR) is 282 cm³/mol. The van der Waals surface area contributed by atoms with Crippen molar-refractivity contribution >= 4 is 71.3 Å². The van der Waals surface area contributed by atoms with Crippen LogP contribution in [0, 0.1) is 29.6 Å². The van der Waals surface area contributed by atoms with E-state index in [-0.39, 0.29) is 107 Å². The van der Waals surface area contributed by atoms with Crippen molar-refractivity contribution in [2.45, 2.75) is 159 Å². The lowest BCUT2D eigenvalue weighted by atomic mass is 10.1. The summed E-state index contributed by atoms with van der Waals surface area (Å²) in [5.41, 5.74) is 1.39. The molecule has 2 rings (SSSR count). The van der Waals surface area contributed by atoms with Gasteiger partial charge in [-0.25, -0.2) is 9.59 Å². The molecule has 1 aliphatic rings. The SMILES string of the molecule is C=C(C)C(=O)OCCOC(=O)CCC(=O)OCCCOC(=O)CCCCCCCCOc1cc(C)c(OCCCCCCCCC(=O)OCCCOC(=O)CCC(=O)OCCOC(=O)C(=C)C)c2c1SC(=C(C#N)C#N)S2. The number of unbranched alkanes of at least 4 members (excludes halogenated alkanes) is 10. The van der Waals surface area contributed by atoms with Gasteiger partial charge in [0.1, 0.15) is 55.6 Å². The number of fused-ring (bicyclic) bond motifs is 1. The van der Waals surface area contributed by atoms with Gasteiger partial charge in [-0.2, -0.15) is 10.5 Å². The quantitative estimate of drug-likeness (QED) is 0.0194. The normalized spacial score (nSPS) is 11.2. The van der Waals surface area contributed by atoms with Crippen LogP contribution in [0.1, 0.15) is 148 Å². The number of ether oxygens (including phenoxy) is 10. The molecule has 0 atom stereocenters. The number of hydrogen-bond acceptors (Lipinski definition) is 22. The van der Waals surface area contributed by atoms with Gasteiger partial charge in [-0.3, -0.25) is 28.8 Å². The highest BCUT2D eigenvalue weighted by Crippen LogP contribution is 2.59. The first-order valence-electron chi connectivity index (χ1n) is 26.0. The summed E-state index contributed by atoms with van der Waals surface area (Å²) in [5.74, 6) is -2.81. The van der Waals surface area contributed by atoms with Crippen molar-refractivity contribution in [2.75, 3.05) is 66.1 Å². The monoisotopic (exact) mass is 1110 g/mol. The Bertz CT molecular complexity index is 2250. The first-order chi connectivity index (χ1) is 37.1. The fourth-order valence-electron chi connectivity index (χ4n) is 6.66. The number of benzene rings is 1. The van der Waals surface area contributed by atoms with E-state index in [0.717, 1.165) is 79.6 Å². The highest BCUT2D eigenvalue weighted by atomic mass is 32.2. The van der Waals surface area contributed by atoms with Gasteiger partial charge in [0.15, 0.2) is 0 Å². The molecule has 0 aliphatic carbocycles. The number of hydrogen-bond donors (Lipinski definition) is 0. The van der Waals surface area contributed by atoms with Gasteiger partial charge < -0.3 is 47.4 Å². The third-order valence-corrected chi connectivity index (χ3v) is 13.4. The molecule has 0 spiro atoms. The number of aryl methyl sites for hydroxylation is 1. The Kier molecular flexibility index (Phi) is 35.2. The summed E-state index contributed by atoms with van der Waals surface area (Å²) in [7, 11) is 0. The van der Waals surface area contributed by atoms with Crippen molar-refractivity contribution in [2.24, 2.45) is 0 Å². The summed E-state index contributed by atoms with van der Waals surface area (Å²) in [6.07, 6.45) is 11.0. The van der Waals surface area contributed by atoms with Crippen LogP contribution in [-0.2, 0) is 76.3 Å². The second-order valence-corrected chi connectivity index (χ2v) is 19.9. The molecule has 1 aromatic rings. The van der Waals surface area contributed by atoms with Crippen LogP contribution in [0.15, 0.2) is 50.0 Å². The summed E-state index contributed by atoms with van der Waals surface area (Å²) in [5, 5.41) is 19.2. The third-order valence-electron chi connectivity index (χ3n) is 10.8. The zero-order valence-electron chi connectivity index (χ0n) is 44.8. The Labute approximate surface area is 460 Å². The van der Waals surface area contributed by atoms with Crippen LogP contribution in [0.25, 0.3) is 0 Å². The Morgan fingerprint density at radius 2 is 0.766 bits per heavy atom. The van der Waals surface area contributed by atoms with Gasteiger partial charge in [0.2, 0.25) is 0 Å². The second kappa shape index (κ2) is 40.7. The minimum Gasteiger partial charge on any atom is -0.492 e. The molecule has 1 aliphatic heterocycles. The van der Waals surface area contributed by atoms with Crippen molar-refractivity contribution in [1.82, 2.24) is 0 Å². The van der Waals surface area contributed by atoms with E-state index in [1.165, 1.54) is 37.4 Å². The minimum absolute atomic E-state index is 0.0355. The molecule has 0 aromatic heterocycles. The Morgan fingerprint density at radius 3 is 1.17 bits per heavy atom. The largest absolute Gasteiger partial charge is 0.492 e. The van der Waals surface area contributed by atoms with E-state index in [4.69, 9.17) is 47.4 Å². The summed E-state index contributed by atoms with van der Waals surface area (Å²) in [6, 6.07) is 5.93. The Balaban J connectivity index is 1.56. The number of rotatable bonds is 42. The van der Waals surface area contributed by atoms with E-state index < -0.39 is 35.8 Å². The maximum atomic E-state index is 12.1. The van der Waals surface area contributed by atoms with Gasteiger partial charge in [0.05, 0.1) is 79.4 Å². The molecule has 0 saturated carbocycles. The summed E-state index contributed by atoms with van der Waals surface area (Å²) in [4.78, 5) is 95.8. The number of carbonyl (C=O) groups excluding carboxylic acids is 8. The molecule has 0 amide bonds. The standard InChI is InChI=1S/C55H74N2O18S2/c1-39(2)53(64)74-34-32-71-48(62)24-22-46(60)69-30-18-28-67-44(58)20-14-10-6-8-12-16-26-66-43-36-41(5)50(52-51(43)76-55(77-52)42(37-56)38-57)73-27-17-13-9-7-11-15-21-45(59)68-29-19-31-70-47(61)23-25-49(63)72-33-35-75-54(65)40(3)4/h36H,1,3,6-35H2,2,4-5H3. The average molecular weight is 1120 g/mol. The maximum absolute atomic E-state index is 12.1. The fraction of sp³-hybridized carbons (Fsp3) is 0.600. The third kappa shape index (κ3) is 30.7. The lowest BCUT2D eigenvalue weighted by Gasteiger charge is -2.16. The van der Waals surface area contributed by atoms with Crippen LogP contribution < -0.4 is 9.47 Å². The summed E-state index contributed by atoms with van der Waals surface area (Å²) in [6.45, 7) is 12.6. The van der Waals surface area contributed by atoms with E-state index in [1.807, 2.05) is 25.1 Å². The Hall–Kier alpha value is -6.52. The van der Waals surface area contributed by atoms with Crippen molar-refractivity contribution in [3.8, 4) is 23.6 Å². The van der Waals surface area contributed by atoms with E-state index in [0.29, 0.717) is 67.5 Å². The van der Waals surface area contributed by atoms with Crippen LogP contribution >= 0.6 is 23.5 Å². The predicted octanol–water partition coefficient (Wildman–Crippen LogP) is 9.51. The van der Waals surface area contributed by atoms with Crippen molar-refractivity contribution in [3.05, 3.63) is 45.7 Å². The lowest BCUT2D eigenvalue weighted by Crippen LogP contribution is -2.16. The number of esters is 8. The summed E-state index contributed by atoms with van der Waals surface area (Å²) < 4.78 is 53.2. The Morgan fingerprint density at radius 1 is 0.429 bits per heavy atom. The first kappa shape index (κ1) is 66.6. The molecule has 20 nitrogen and oxygen atoms in total. The van der Waals surface area contributed by atoms with E-state index in [1.54, 1.807) is 0 Å². The topological polar surface area (TPSA) is 276 Å². The summed E-state index contributed by atoms with van der Waals surface area (Å²) >= 11 is 2.69. The van der Waals surface area contributed by atoms with Crippen LogP contribution in [0.2, 0.25) is 0 Å². The molecule has 1 aromatic carbocycles. The van der Waals surface area contributed by atoms with Crippen LogP contribution in [-0.4, -0.2) is 114 Å². The molecular formula is C55H74N2O18S2. The van der Waals surface area contributed by atoms with Gasteiger partial charge in [0.25, 0.3) is 0 Å². The van der Waals surface area contributed by atoms with Crippen LogP contribution in [0.3, 0.4) is 0 Å². The smallest absolute Gasteiger partial charge is 0.333 e. The highest BCUT2D eigenvalue weighted by molar-refractivity contribution is 8.24. The fourth-order valence-corrected chi connectivity index (χ4v) is 9.25. The van der Waals surface area contributed by atoms with Gasteiger partial charge in [0, 0.05) is 36.8 Å². The lowest BCUT2D eigenvalue weighted by molar-refractivity contribution is -0.153. The first-order valence-corrected chi connectivity index (χ1v) is 27.6.